The number of benzene rings is 1. The van der Waals surface area contributed by atoms with Crippen molar-refractivity contribution in [3.05, 3.63) is 54.0 Å². The number of carbonyl (C=O) groups excluding carboxylic acids is 1. The van der Waals surface area contributed by atoms with E-state index in [4.69, 9.17) is 9.26 Å². The molecule has 0 unspecified atom stereocenters. The molecule has 3 heterocycles. The molecule has 0 atom stereocenters. The number of carbonyl (C=O) groups is 1. The van der Waals surface area contributed by atoms with E-state index in [-0.39, 0.29) is 11.7 Å². The van der Waals surface area contributed by atoms with Gasteiger partial charge in [-0.2, -0.15) is 4.98 Å². The predicted octanol–water partition coefficient (Wildman–Crippen LogP) is 2.61. The van der Waals surface area contributed by atoms with E-state index in [1.807, 2.05) is 25.1 Å². The van der Waals surface area contributed by atoms with Crippen LogP contribution < -0.4 is 15.5 Å². The second-order valence-electron chi connectivity index (χ2n) is 6.32. The third-order valence-corrected chi connectivity index (χ3v) is 4.24. The fourth-order valence-electron chi connectivity index (χ4n) is 2.85. The van der Waals surface area contributed by atoms with Crippen LogP contribution in [0, 0.1) is 6.92 Å². The fourth-order valence-corrected chi connectivity index (χ4v) is 2.85. The number of anilines is 4. The fraction of sp³-hybridized carbons (Fsp3) is 0.263. The molecule has 1 fully saturated rings. The van der Waals surface area contributed by atoms with E-state index in [9.17, 15) is 4.79 Å². The van der Waals surface area contributed by atoms with E-state index in [1.165, 1.54) is 12.3 Å². The van der Waals surface area contributed by atoms with Crippen LogP contribution in [0.5, 0.6) is 0 Å². The van der Waals surface area contributed by atoms with Crippen LogP contribution >= 0.6 is 0 Å². The van der Waals surface area contributed by atoms with E-state index >= 15 is 0 Å². The molecule has 144 valence electrons. The van der Waals surface area contributed by atoms with Crippen molar-refractivity contribution in [2.24, 2.45) is 0 Å². The molecule has 1 aliphatic heterocycles. The first-order chi connectivity index (χ1) is 13.7. The number of aryl methyl sites for hydroxylation is 1. The van der Waals surface area contributed by atoms with E-state index < -0.39 is 0 Å². The molecule has 4 rings (SSSR count). The highest BCUT2D eigenvalue weighted by Crippen LogP contribution is 2.21. The van der Waals surface area contributed by atoms with Crippen molar-refractivity contribution in [1.29, 1.82) is 0 Å². The molecule has 28 heavy (non-hydrogen) atoms. The zero-order valence-electron chi connectivity index (χ0n) is 15.4. The van der Waals surface area contributed by atoms with Crippen molar-refractivity contribution >= 4 is 29.0 Å². The quantitative estimate of drug-likeness (QED) is 0.696. The number of hydrogen-bond donors (Lipinski definition) is 2. The minimum absolute atomic E-state index is 0.158. The van der Waals surface area contributed by atoms with Crippen LogP contribution in [-0.2, 0) is 4.74 Å². The summed E-state index contributed by atoms with van der Waals surface area (Å²) in [7, 11) is 0. The second-order valence-corrected chi connectivity index (χ2v) is 6.32. The number of aromatic nitrogens is 3. The number of hydrogen-bond acceptors (Lipinski definition) is 8. The summed E-state index contributed by atoms with van der Waals surface area (Å²) in [5.74, 6) is 1.22. The van der Waals surface area contributed by atoms with E-state index in [0.29, 0.717) is 24.8 Å². The lowest BCUT2D eigenvalue weighted by Gasteiger charge is -2.28. The first kappa shape index (κ1) is 17.9. The molecule has 1 aliphatic rings. The van der Waals surface area contributed by atoms with Crippen LogP contribution in [0.4, 0.5) is 23.1 Å². The van der Waals surface area contributed by atoms with Gasteiger partial charge in [0.15, 0.2) is 0 Å². The Labute approximate surface area is 161 Å². The maximum atomic E-state index is 12.0. The molecule has 9 heteroatoms. The van der Waals surface area contributed by atoms with Gasteiger partial charge in [-0.1, -0.05) is 5.16 Å². The first-order valence-electron chi connectivity index (χ1n) is 8.95. The van der Waals surface area contributed by atoms with Crippen LogP contribution in [0.15, 0.2) is 47.1 Å². The molecule has 0 saturated carbocycles. The summed E-state index contributed by atoms with van der Waals surface area (Å²) in [5.41, 5.74) is 2.34. The van der Waals surface area contributed by atoms with E-state index in [0.717, 1.165) is 30.3 Å². The van der Waals surface area contributed by atoms with Crippen molar-refractivity contribution in [2.45, 2.75) is 6.92 Å². The number of morpholine rings is 1. The number of amides is 1. The SMILES string of the molecule is Cc1cc(N2CCOCC2)nc(Nc2ccc(NC(=O)c3ccno3)cc2)n1. The van der Waals surface area contributed by atoms with Gasteiger partial charge < -0.3 is 24.8 Å². The smallest absolute Gasteiger partial charge is 0.294 e. The maximum absolute atomic E-state index is 12.0. The van der Waals surface area contributed by atoms with E-state index in [2.05, 4.69) is 30.7 Å². The average molecular weight is 380 g/mol. The number of ether oxygens (including phenoxy) is 1. The summed E-state index contributed by atoms with van der Waals surface area (Å²) in [4.78, 5) is 23.2. The first-order valence-corrected chi connectivity index (χ1v) is 8.95. The molecule has 2 N–H and O–H groups in total. The minimum Gasteiger partial charge on any atom is -0.378 e. The van der Waals surface area contributed by atoms with E-state index in [1.54, 1.807) is 12.1 Å². The summed E-state index contributed by atoms with van der Waals surface area (Å²) in [6, 6.07) is 10.7. The third-order valence-electron chi connectivity index (χ3n) is 4.24. The highest BCUT2D eigenvalue weighted by Gasteiger charge is 2.14. The monoisotopic (exact) mass is 380 g/mol. The number of nitrogens with zero attached hydrogens (tertiary/aromatic N) is 4. The Morgan fingerprint density at radius 2 is 1.82 bits per heavy atom. The van der Waals surface area contributed by atoms with Gasteiger partial charge in [-0.25, -0.2) is 4.98 Å². The Bertz CT molecular complexity index is 937. The van der Waals surface area contributed by atoms with Crippen LogP contribution in [-0.4, -0.2) is 47.3 Å². The second kappa shape index (κ2) is 8.05. The van der Waals surface area contributed by atoms with Crippen molar-refractivity contribution in [3.63, 3.8) is 0 Å². The number of rotatable bonds is 5. The Morgan fingerprint density at radius 1 is 1.07 bits per heavy atom. The number of nitrogens with one attached hydrogen (secondary N) is 2. The summed E-state index contributed by atoms with van der Waals surface area (Å²) in [5, 5.41) is 9.48. The largest absolute Gasteiger partial charge is 0.378 e. The summed E-state index contributed by atoms with van der Waals surface area (Å²) in [6.45, 7) is 4.98. The standard InChI is InChI=1S/C19H20N6O3/c1-13-12-17(25-8-10-27-11-9-25)24-19(21-13)23-15-4-2-14(3-5-15)22-18(26)16-6-7-20-28-16/h2-7,12H,8-11H2,1H3,(H,22,26)(H,21,23,24). The summed E-state index contributed by atoms with van der Waals surface area (Å²) in [6.07, 6.45) is 1.43. The molecule has 3 aromatic rings. The van der Waals surface area contributed by atoms with Gasteiger partial charge in [-0.05, 0) is 31.2 Å². The van der Waals surface area contributed by atoms with Gasteiger partial charge in [0.2, 0.25) is 11.7 Å². The minimum atomic E-state index is -0.352. The highest BCUT2D eigenvalue weighted by molar-refractivity contribution is 6.02. The van der Waals surface area contributed by atoms with Crippen molar-refractivity contribution < 1.29 is 14.1 Å². The lowest BCUT2D eigenvalue weighted by molar-refractivity contribution is 0.0988. The molecule has 1 aromatic carbocycles. The molecule has 0 radical (unpaired) electrons. The van der Waals surface area contributed by atoms with Gasteiger partial charge in [-0.3, -0.25) is 4.79 Å². The van der Waals surface area contributed by atoms with Gasteiger partial charge >= 0.3 is 0 Å². The lowest BCUT2D eigenvalue weighted by atomic mass is 10.2. The molecular formula is C19H20N6O3. The van der Waals surface area contributed by atoms with Crippen LogP contribution in [0.2, 0.25) is 0 Å². The zero-order chi connectivity index (χ0) is 19.3. The highest BCUT2D eigenvalue weighted by atomic mass is 16.5. The Balaban J connectivity index is 1.44. The Kier molecular flexibility index (Phi) is 5.16. The van der Waals surface area contributed by atoms with Crippen molar-refractivity contribution in [3.8, 4) is 0 Å². The summed E-state index contributed by atoms with van der Waals surface area (Å²) < 4.78 is 10.2. The van der Waals surface area contributed by atoms with Crippen molar-refractivity contribution in [1.82, 2.24) is 15.1 Å². The molecule has 0 spiro atoms. The summed E-state index contributed by atoms with van der Waals surface area (Å²) >= 11 is 0. The lowest BCUT2D eigenvalue weighted by Crippen LogP contribution is -2.36. The van der Waals surface area contributed by atoms with Gasteiger partial charge in [-0.15, -0.1) is 0 Å². The molecular weight excluding hydrogens is 360 g/mol. The Hall–Kier alpha value is -3.46. The van der Waals surface area contributed by atoms with Gasteiger partial charge in [0.25, 0.3) is 5.91 Å². The van der Waals surface area contributed by atoms with Crippen LogP contribution in [0.25, 0.3) is 0 Å². The zero-order valence-corrected chi connectivity index (χ0v) is 15.4. The third kappa shape index (κ3) is 4.26. The van der Waals surface area contributed by atoms with Crippen molar-refractivity contribution in [2.75, 3.05) is 41.8 Å². The Morgan fingerprint density at radius 3 is 2.54 bits per heavy atom. The van der Waals surface area contributed by atoms with Crippen LogP contribution in [0.3, 0.4) is 0 Å². The molecule has 1 amide bonds. The molecule has 2 aromatic heterocycles. The molecule has 0 aliphatic carbocycles. The molecule has 9 nitrogen and oxygen atoms in total. The van der Waals surface area contributed by atoms with Gasteiger partial charge in [0.05, 0.1) is 19.4 Å². The van der Waals surface area contributed by atoms with Crippen LogP contribution in [0.1, 0.15) is 16.2 Å². The van der Waals surface area contributed by atoms with Gasteiger partial charge in [0, 0.05) is 42.3 Å². The normalized spacial score (nSPS) is 14.0. The average Bonchev–Trinajstić information content (AvgIpc) is 3.25. The molecule has 1 saturated heterocycles. The topological polar surface area (TPSA) is 105 Å². The molecule has 0 bridgehead atoms. The van der Waals surface area contributed by atoms with Gasteiger partial charge in [0.1, 0.15) is 5.82 Å². The maximum Gasteiger partial charge on any atom is 0.294 e. The predicted molar refractivity (Wildman–Crippen MR) is 104 cm³/mol.